The Bertz CT molecular complexity index is 884. The van der Waals surface area contributed by atoms with Crippen LogP contribution in [0.3, 0.4) is 0 Å². The highest BCUT2D eigenvalue weighted by molar-refractivity contribution is 7.80. The summed E-state index contributed by atoms with van der Waals surface area (Å²) in [6.45, 7) is 1.82. The van der Waals surface area contributed by atoms with E-state index in [9.17, 15) is 4.79 Å². The number of methoxy groups -OCH3 is 1. The number of hydrogen-bond acceptors (Lipinski definition) is 3. The van der Waals surface area contributed by atoms with Crippen molar-refractivity contribution >= 4 is 40.5 Å². The van der Waals surface area contributed by atoms with E-state index in [0.717, 1.165) is 5.56 Å². The van der Waals surface area contributed by atoms with E-state index in [1.807, 2.05) is 37.3 Å². The molecule has 26 heavy (non-hydrogen) atoms. The Morgan fingerprint density at radius 2 is 1.96 bits per heavy atom. The van der Waals surface area contributed by atoms with Crippen molar-refractivity contribution in [3.05, 3.63) is 70.4 Å². The van der Waals surface area contributed by atoms with Gasteiger partial charge in [-0.15, -0.1) is 0 Å². The second-order valence-electron chi connectivity index (χ2n) is 5.78. The van der Waals surface area contributed by atoms with Gasteiger partial charge in [0, 0.05) is 22.0 Å². The quantitative estimate of drug-likeness (QED) is 0.697. The average molecular weight is 388 g/mol. The number of amides is 1. The summed E-state index contributed by atoms with van der Waals surface area (Å²) in [5.74, 6) is 0.387. The van der Waals surface area contributed by atoms with Crippen LogP contribution in [0.1, 0.15) is 18.5 Å². The number of hydrogen-bond donors (Lipinski definition) is 3. The molecular formula is C19H18ClN3O2S. The van der Waals surface area contributed by atoms with Crippen LogP contribution < -0.4 is 20.7 Å². The van der Waals surface area contributed by atoms with Crippen molar-refractivity contribution < 1.29 is 9.53 Å². The van der Waals surface area contributed by atoms with Crippen LogP contribution in [0.15, 0.2) is 59.8 Å². The summed E-state index contributed by atoms with van der Waals surface area (Å²) in [5, 5.41) is 10.1. The van der Waals surface area contributed by atoms with Crippen LogP contribution in [0.2, 0.25) is 5.02 Å². The number of ether oxygens (including phenoxy) is 1. The summed E-state index contributed by atoms with van der Waals surface area (Å²) >= 11 is 11.5. The minimum absolute atomic E-state index is 0.233. The van der Waals surface area contributed by atoms with E-state index in [0.29, 0.717) is 32.8 Å². The summed E-state index contributed by atoms with van der Waals surface area (Å²) < 4.78 is 5.45. The van der Waals surface area contributed by atoms with Crippen molar-refractivity contribution in [2.75, 3.05) is 12.4 Å². The van der Waals surface area contributed by atoms with Gasteiger partial charge in [0.1, 0.15) is 5.75 Å². The lowest BCUT2D eigenvalue weighted by molar-refractivity contribution is -0.113. The Kier molecular flexibility index (Phi) is 5.44. The Balaban J connectivity index is 2.02. The lowest BCUT2D eigenvalue weighted by atomic mass is 9.94. The van der Waals surface area contributed by atoms with Gasteiger partial charge in [-0.3, -0.25) is 4.79 Å². The van der Waals surface area contributed by atoms with Crippen LogP contribution in [0.5, 0.6) is 5.75 Å². The maximum atomic E-state index is 13.0. The van der Waals surface area contributed by atoms with Crippen LogP contribution in [0, 0.1) is 0 Å². The monoisotopic (exact) mass is 387 g/mol. The third-order valence-corrected chi connectivity index (χ3v) is 4.50. The molecule has 5 nitrogen and oxygen atoms in total. The van der Waals surface area contributed by atoms with Gasteiger partial charge < -0.3 is 20.7 Å². The largest absolute Gasteiger partial charge is 0.496 e. The van der Waals surface area contributed by atoms with Crippen molar-refractivity contribution in [2.45, 2.75) is 13.0 Å². The molecule has 0 bridgehead atoms. The van der Waals surface area contributed by atoms with Crippen molar-refractivity contribution in [1.82, 2.24) is 10.6 Å². The summed E-state index contributed by atoms with van der Waals surface area (Å²) in [6.07, 6.45) is 0. The molecule has 3 N–H and O–H groups in total. The molecule has 0 saturated carbocycles. The minimum Gasteiger partial charge on any atom is -0.496 e. The van der Waals surface area contributed by atoms with Gasteiger partial charge >= 0.3 is 0 Å². The second-order valence-corrected chi connectivity index (χ2v) is 6.62. The van der Waals surface area contributed by atoms with E-state index in [1.165, 1.54) is 0 Å². The van der Waals surface area contributed by atoms with E-state index in [-0.39, 0.29) is 5.91 Å². The third-order valence-electron chi connectivity index (χ3n) is 4.05. The number of thiocarbonyl (C=S) groups is 1. The fourth-order valence-corrected chi connectivity index (χ4v) is 3.33. The number of carbonyl (C=O) groups is 1. The number of allylic oxidation sites excluding steroid dienone is 1. The number of benzene rings is 2. The van der Waals surface area contributed by atoms with E-state index in [1.54, 1.807) is 25.3 Å². The first kappa shape index (κ1) is 18.2. The predicted molar refractivity (Wildman–Crippen MR) is 107 cm³/mol. The minimum atomic E-state index is -0.485. The number of para-hydroxylation sites is 1. The van der Waals surface area contributed by atoms with Crippen LogP contribution >= 0.6 is 23.8 Å². The standard InChI is InChI=1S/C19H18ClN3O2S/c1-11-16(18(24)22-13-6-4-3-5-7-13)17(23-19(26)21-11)14-10-12(20)8-9-15(14)25-2/h3-10,17H,1-2H3,(H,22,24)(H2,21,23,26)/t17-/m0/s1. The normalized spacial score (nSPS) is 16.6. The summed E-state index contributed by atoms with van der Waals surface area (Å²) in [4.78, 5) is 13.0. The molecule has 3 rings (SSSR count). The first-order valence-electron chi connectivity index (χ1n) is 7.97. The van der Waals surface area contributed by atoms with E-state index < -0.39 is 6.04 Å². The molecule has 2 aromatic rings. The van der Waals surface area contributed by atoms with Crippen molar-refractivity contribution in [3.8, 4) is 5.75 Å². The molecule has 134 valence electrons. The van der Waals surface area contributed by atoms with Crippen LogP contribution in [0.4, 0.5) is 5.69 Å². The first-order chi connectivity index (χ1) is 12.5. The molecule has 2 aromatic carbocycles. The van der Waals surface area contributed by atoms with Gasteiger partial charge in [-0.2, -0.15) is 0 Å². The Hall–Kier alpha value is -2.57. The number of carbonyl (C=O) groups excluding carboxylic acids is 1. The van der Waals surface area contributed by atoms with Gasteiger partial charge in [-0.1, -0.05) is 29.8 Å². The molecule has 0 fully saturated rings. The lowest BCUT2D eigenvalue weighted by Crippen LogP contribution is -2.45. The SMILES string of the molecule is COc1ccc(Cl)cc1[C@@H]1NC(=S)NC(C)=C1C(=O)Nc1ccccc1. The Labute approximate surface area is 162 Å². The molecular weight excluding hydrogens is 370 g/mol. The topological polar surface area (TPSA) is 62.4 Å². The molecule has 0 saturated heterocycles. The van der Waals surface area contributed by atoms with Crippen molar-refractivity contribution in [3.63, 3.8) is 0 Å². The number of nitrogens with one attached hydrogen (secondary N) is 3. The summed E-state index contributed by atoms with van der Waals surface area (Å²) in [6, 6.07) is 14.1. The zero-order valence-electron chi connectivity index (χ0n) is 14.3. The zero-order chi connectivity index (χ0) is 18.7. The average Bonchev–Trinajstić information content (AvgIpc) is 2.61. The molecule has 1 atom stereocenters. The Morgan fingerprint density at radius 3 is 2.65 bits per heavy atom. The smallest absolute Gasteiger partial charge is 0.255 e. The van der Waals surface area contributed by atoms with Gasteiger partial charge in [0.15, 0.2) is 5.11 Å². The van der Waals surface area contributed by atoms with Crippen molar-refractivity contribution in [2.24, 2.45) is 0 Å². The zero-order valence-corrected chi connectivity index (χ0v) is 15.9. The molecule has 0 spiro atoms. The number of halogens is 1. The highest BCUT2D eigenvalue weighted by Gasteiger charge is 2.32. The van der Waals surface area contributed by atoms with Gasteiger partial charge in [0.2, 0.25) is 0 Å². The van der Waals surface area contributed by atoms with Gasteiger partial charge in [0.05, 0.1) is 18.7 Å². The molecule has 0 aromatic heterocycles. The third kappa shape index (κ3) is 3.81. The molecule has 0 unspecified atom stereocenters. The van der Waals surface area contributed by atoms with Crippen LogP contribution in [-0.4, -0.2) is 18.1 Å². The second kappa shape index (κ2) is 7.76. The fourth-order valence-electron chi connectivity index (χ4n) is 2.88. The molecule has 7 heteroatoms. The van der Waals surface area contributed by atoms with Gasteiger partial charge in [0.25, 0.3) is 5.91 Å². The Morgan fingerprint density at radius 1 is 1.23 bits per heavy atom. The predicted octanol–water partition coefficient (Wildman–Crippen LogP) is 3.78. The van der Waals surface area contributed by atoms with Gasteiger partial charge in [-0.05, 0) is 49.5 Å². The lowest BCUT2D eigenvalue weighted by Gasteiger charge is -2.31. The molecule has 1 heterocycles. The van der Waals surface area contributed by atoms with Gasteiger partial charge in [-0.25, -0.2) is 0 Å². The van der Waals surface area contributed by atoms with Crippen LogP contribution in [-0.2, 0) is 4.79 Å². The van der Waals surface area contributed by atoms with E-state index >= 15 is 0 Å². The van der Waals surface area contributed by atoms with E-state index in [2.05, 4.69) is 16.0 Å². The molecule has 1 aliphatic rings. The van der Waals surface area contributed by atoms with Crippen molar-refractivity contribution in [1.29, 1.82) is 0 Å². The first-order valence-corrected chi connectivity index (χ1v) is 8.76. The van der Waals surface area contributed by atoms with E-state index in [4.69, 9.17) is 28.6 Å². The highest BCUT2D eigenvalue weighted by Crippen LogP contribution is 2.35. The fraction of sp³-hybridized carbons (Fsp3) is 0.158. The maximum absolute atomic E-state index is 13.0. The summed E-state index contributed by atoms with van der Waals surface area (Å²) in [7, 11) is 1.58. The number of anilines is 1. The molecule has 0 aliphatic carbocycles. The molecule has 1 amide bonds. The maximum Gasteiger partial charge on any atom is 0.255 e. The van der Waals surface area contributed by atoms with Crippen LogP contribution in [0.25, 0.3) is 0 Å². The highest BCUT2D eigenvalue weighted by atomic mass is 35.5. The number of rotatable bonds is 4. The molecule has 1 aliphatic heterocycles. The molecule has 0 radical (unpaired) electrons. The summed E-state index contributed by atoms with van der Waals surface area (Å²) in [5.41, 5.74) is 2.64.